The van der Waals surface area contributed by atoms with E-state index in [4.69, 9.17) is 4.74 Å². The van der Waals surface area contributed by atoms with Crippen LogP contribution in [0.3, 0.4) is 0 Å². The van der Waals surface area contributed by atoms with Gasteiger partial charge in [0, 0.05) is 32.8 Å². The fraction of sp³-hybridized carbons (Fsp3) is 0.500. The molecule has 138 valence electrons. The lowest BCUT2D eigenvalue weighted by Gasteiger charge is -2.28. The first-order valence-corrected chi connectivity index (χ1v) is 9.50. The highest BCUT2D eigenvalue weighted by Crippen LogP contribution is 2.29. The molecule has 0 saturated heterocycles. The lowest BCUT2D eigenvalue weighted by atomic mass is 10.0. The van der Waals surface area contributed by atoms with Crippen LogP contribution in [0.2, 0.25) is 0 Å². The molecule has 9 heteroatoms. The lowest BCUT2D eigenvalue weighted by Crippen LogP contribution is -2.38. The summed E-state index contributed by atoms with van der Waals surface area (Å²) in [6.45, 7) is 2.45. The summed E-state index contributed by atoms with van der Waals surface area (Å²) in [7, 11) is -2.29. The van der Waals surface area contributed by atoms with Crippen molar-refractivity contribution in [2.24, 2.45) is 0 Å². The van der Waals surface area contributed by atoms with Crippen molar-refractivity contribution in [3.8, 4) is 0 Å². The highest BCUT2D eigenvalue weighted by Gasteiger charge is 2.23. The molecular formula is C16H23N3O5S. The van der Waals surface area contributed by atoms with Crippen molar-refractivity contribution in [1.82, 2.24) is 10.0 Å². The summed E-state index contributed by atoms with van der Waals surface area (Å²) < 4.78 is 31.8. The summed E-state index contributed by atoms with van der Waals surface area (Å²) in [4.78, 5) is 25.0. The molecule has 1 aliphatic rings. The molecular weight excluding hydrogens is 346 g/mol. The lowest BCUT2D eigenvalue weighted by molar-refractivity contribution is -0.120. The van der Waals surface area contributed by atoms with E-state index in [0.29, 0.717) is 26.1 Å². The number of ether oxygens (including phenoxy) is 1. The SMILES string of the molecule is COCCNC(=O)CNS(=O)(=O)c1ccc2c(c1)CCCN2C(C)=O. The van der Waals surface area contributed by atoms with E-state index >= 15 is 0 Å². The first-order valence-electron chi connectivity index (χ1n) is 8.01. The largest absolute Gasteiger partial charge is 0.383 e. The molecule has 0 bridgehead atoms. The number of carbonyl (C=O) groups excluding carboxylic acids is 2. The first kappa shape index (κ1) is 19.4. The van der Waals surface area contributed by atoms with E-state index in [-0.39, 0.29) is 17.3 Å². The van der Waals surface area contributed by atoms with Gasteiger partial charge >= 0.3 is 0 Å². The van der Waals surface area contributed by atoms with Crippen molar-refractivity contribution in [2.75, 3.05) is 38.3 Å². The van der Waals surface area contributed by atoms with Gasteiger partial charge in [0.15, 0.2) is 0 Å². The topological polar surface area (TPSA) is 105 Å². The van der Waals surface area contributed by atoms with Gasteiger partial charge in [-0.1, -0.05) is 0 Å². The third-order valence-electron chi connectivity index (χ3n) is 3.91. The van der Waals surface area contributed by atoms with Gasteiger partial charge in [-0.2, -0.15) is 0 Å². The smallest absolute Gasteiger partial charge is 0.241 e. The molecule has 2 rings (SSSR count). The Morgan fingerprint density at radius 1 is 1.32 bits per heavy atom. The minimum Gasteiger partial charge on any atom is -0.383 e. The fourth-order valence-corrected chi connectivity index (χ4v) is 3.70. The maximum Gasteiger partial charge on any atom is 0.241 e. The predicted molar refractivity (Wildman–Crippen MR) is 92.9 cm³/mol. The Kier molecular flexibility index (Phi) is 6.51. The molecule has 1 aromatic rings. The van der Waals surface area contributed by atoms with E-state index in [9.17, 15) is 18.0 Å². The zero-order valence-electron chi connectivity index (χ0n) is 14.4. The first-order chi connectivity index (χ1) is 11.8. The molecule has 0 aliphatic carbocycles. The van der Waals surface area contributed by atoms with Crippen LogP contribution in [-0.2, 0) is 30.8 Å². The summed E-state index contributed by atoms with van der Waals surface area (Å²) in [5.74, 6) is -0.497. The van der Waals surface area contributed by atoms with E-state index in [0.717, 1.165) is 17.7 Å². The van der Waals surface area contributed by atoms with Gasteiger partial charge < -0.3 is 15.0 Å². The van der Waals surface area contributed by atoms with Gasteiger partial charge in [-0.3, -0.25) is 9.59 Å². The zero-order valence-corrected chi connectivity index (χ0v) is 15.2. The van der Waals surface area contributed by atoms with E-state index in [1.165, 1.54) is 20.1 Å². The molecule has 2 N–H and O–H groups in total. The molecule has 0 unspecified atom stereocenters. The van der Waals surface area contributed by atoms with E-state index in [2.05, 4.69) is 10.0 Å². The number of anilines is 1. The van der Waals surface area contributed by atoms with Crippen LogP contribution in [0.5, 0.6) is 0 Å². The number of rotatable bonds is 7. The van der Waals surface area contributed by atoms with Crippen LogP contribution in [0, 0.1) is 0 Å². The molecule has 25 heavy (non-hydrogen) atoms. The highest BCUT2D eigenvalue weighted by atomic mass is 32.2. The standard InChI is InChI=1S/C16H23N3O5S/c1-12(20)19-8-3-4-13-10-14(5-6-15(13)19)25(22,23)18-11-16(21)17-7-9-24-2/h5-6,10,18H,3-4,7-9,11H2,1-2H3,(H,17,21). The number of amides is 2. The highest BCUT2D eigenvalue weighted by molar-refractivity contribution is 7.89. The van der Waals surface area contributed by atoms with Crippen LogP contribution in [0.15, 0.2) is 23.1 Å². The quantitative estimate of drug-likeness (QED) is 0.660. The Hall–Kier alpha value is -1.97. The minimum absolute atomic E-state index is 0.0672. The molecule has 0 saturated carbocycles. The van der Waals surface area contributed by atoms with Crippen molar-refractivity contribution >= 4 is 27.5 Å². The van der Waals surface area contributed by atoms with E-state index in [1.54, 1.807) is 17.0 Å². The second-order valence-electron chi connectivity index (χ2n) is 5.73. The molecule has 0 fully saturated rings. The molecule has 0 radical (unpaired) electrons. The number of aryl methyl sites for hydroxylation is 1. The maximum atomic E-state index is 12.4. The number of methoxy groups -OCH3 is 1. The Bertz CT molecular complexity index is 748. The average Bonchev–Trinajstić information content (AvgIpc) is 2.59. The number of benzene rings is 1. The van der Waals surface area contributed by atoms with Crippen LogP contribution >= 0.6 is 0 Å². The molecule has 1 aromatic carbocycles. The number of hydrogen-bond donors (Lipinski definition) is 2. The van der Waals surface area contributed by atoms with Crippen molar-refractivity contribution in [3.05, 3.63) is 23.8 Å². The Morgan fingerprint density at radius 3 is 2.76 bits per heavy atom. The number of sulfonamides is 1. The molecule has 1 aliphatic heterocycles. The van der Waals surface area contributed by atoms with Gasteiger partial charge in [0.2, 0.25) is 21.8 Å². The van der Waals surface area contributed by atoms with E-state index < -0.39 is 15.9 Å². The Balaban J connectivity index is 2.07. The summed E-state index contributed by atoms with van der Waals surface area (Å²) >= 11 is 0. The monoisotopic (exact) mass is 369 g/mol. The number of nitrogens with one attached hydrogen (secondary N) is 2. The Morgan fingerprint density at radius 2 is 2.08 bits per heavy atom. The molecule has 8 nitrogen and oxygen atoms in total. The number of hydrogen-bond acceptors (Lipinski definition) is 5. The fourth-order valence-electron chi connectivity index (χ4n) is 2.67. The van der Waals surface area contributed by atoms with Crippen LogP contribution in [0.4, 0.5) is 5.69 Å². The predicted octanol–water partition coefficient (Wildman–Crippen LogP) is 0.0266. The molecule has 2 amide bonds. The van der Waals surface area contributed by atoms with E-state index in [1.807, 2.05) is 0 Å². The summed E-state index contributed by atoms with van der Waals surface area (Å²) in [5.41, 5.74) is 1.56. The van der Waals surface area contributed by atoms with Crippen molar-refractivity contribution < 1.29 is 22.7 Å². The van der Waals surface area contributed by atoms with Gasteiger partial charge in [0.05, 0.1) is 18.0 Å². The Labute approximate surface area is 147 Å². The second-order valence-corrected chi connectivity index (χ2v) is 7.50. The number of nitrogens with zero attached hydrogens (tertiary/aromatic N) is 1. The van der Waals surface area contributed by atoms with Crippen LogP contribution in [0.1, 0.15) is 18.9 Å². The molecule has 0 aromatic heterocycles. The van der Waals surface area contributed by atoms with Crippen LogP contribution in [-0.4, -0.2) is 53.6 Å². The van der Waals surface area contributed by atoms with Crippen molar-refractivity contribution in [1.29, 1.82) is 0 Å². The van der Waals surface area contributed by atoms with Gasteiger partial charge in [-0.15, -0.1) is 0 Å². The van der Waals surface area contributed by atoms with Crippen LogP contribution < -0.4 is 14.9 Å². The second kappa shape index (κ2) is 8.41. The van der Waals surface area contributed by atoms with Gasteiger partial charge in [-0.05, 0) is 36.6 Å². The summed E-state index contributed by atoms with van der Waals surface area (Å²) in [6.07, 6.45) is 1.49. The third-order valence-corrected chi connectivity index (χ3v) is 5.31. The van der Waals surface area contributed by atoms with Gasteiger partial charge in [0.25, 0.3) is 0 Å². The van der Waals surface area contributed by atoms with Gasteiger partial charge in [0.1, 0.15) is 0 Å². The summed E-state index contributed by atoms with van der Waals surface area (Å²) in [6, 6.07) is 4.66. The maximum absolute atomic E-state index is 12.4. The van der Waals surface area contributed by atoms with Gasteiger partial charge in [-0.25, -0.2) is 13.1 Å². The molecule has 0 spiro atoms. The number of carbonyl (C=O) groups is 2. The molecule has 0 atom stereocenters. The number of fused-ring (bicyclic) bond motifs is 1. The van der Waals surface area contributed by atoms with Crippen molar-refractivity contribution in [3.63, 3.8) is 0 Å². The third kappa shape index (κ3) is 5.00. The minimum atomic E-state index is -3.80. The molecule has 1 heterocycles. The van der Waals surface area contributed by atoms with Crippen molar-refractivity contribution in [2.45, 2.75) is 24.7 Å². The normalized spacial score (nSPS) is 14.1. The zero-order chi connectivity index (χ0) is 18.4. The average molecular weight is 369 g/mol. The summed E-state index contributed by atoms with van der Waals surface area (Å²) in [5, 5.41) is 2.54. The van der Waals surface area contributed by atoms with Crippen LogP contribution in [0.25, 0.3) is 0 Å².